The van der Waals surface area contributed by atoms with Crippen LogP contribution in [0.3, 0.4) is 0 Å². The Hall–Kier alpha value is -2.80. The predicted octanol–water partition coefficient (Wildman–Crippen LogP) is 1.89. The number of hydrogen-bond acceptors (Lipinski definition) is 6. The van der Waals surface area contributed by atoms with E-state index in [2.05, 4.69) is 36.6 Å². The van der Waals surface area contributed by atoms with Crippen molar-refractivity contribution in [3.05, 3.63) is 63.6 Å². The van der Waals surface area contributed by atoms with Gasteiger partial charge in [-0.15, -0.1) is 0 Å². The fourth-order valence-corrected chi connectivity index (χ4v) is 5.22. The second kappa shape index (κ2) is 12.4. The van der Waals surface area contributed by atoms with Crippen LogP contribution in [0.5, 0.6) is 0 Å². The van der Waals surface area contributed by atoms with Gasteiger partial charge in [0.15, 0.2) is 0 Å². The lowest BCUT2D eigenvalue weighted by Gasteiger charge is -2.29. The zero-order chi connectivity index (χ0) is 26.3. The zero-order valence-electron chi connectivity index (χ0n) is 20.1. The molecule has 2 aromatic rings. The Morgan fingerprint density at radius 3 is 2.39 bits per heavy atom. The van der Waals surface area contributed by atoms with Crippen molar-refractivity contribution < 1.29 is 22.8 Å². The lowest BCUT2D eigenvalue weighted by molar-refractivity contribution is -0.109. The van der Waals surface area contributed by atoms with Gasteiger partial charge in [0.05, 0.1) is 17.8 Å². The molecular weight excluding hydrogens is 550 g/mol. The minimum atomic E-state index is -3.79. The van der Waals surface area contributed by atoms with E-state index < -0.39 is 22.0 Å². The zero-order valence-corrected chi connectivity index (χ0v) is 22.5. The standard InChI is InChI=1S/C24H30BrN5O5S/c1-16(15-31)26-9-10-27-23(32)19-12-20(14-22(13-19)30-11-3-8-28-36(30,34)35)24(33)29-17(2)18-4-6-21(25)7-5-18/h4-7,12-17,26,28H,3,8-11H2,1-2H3,(H,27,32)(H,29,33)/t16-,17+/m0/s1. The normalized spacial score (nSPS) is 16.6. The molecule has 1 fully saturated rings. The lowest BCUT2D eigenvalue weighted by atomic mass is 10.1. The topological polar surface area (TPSA) is 137 Å². The summed E-state index contributed by atoms with van der Waals surface area (Å²) in [7, 11) is -3.79. The van der Waals surface area contributed by atoms with Crippen molar-refractivity contribution in [3.8, 4) is 0 Å². The molecule has 2 atom stereocenters. The summed E-state index contributed by atoms with van der Waals surface area (Å²) in [6.45, 7) is 4.70. The van der Waals surface area contributed by atoms with Crippen molar-refractivity contribution >= 4 is 49.9 Å². The number of nitrogens with zero attached hydrogens (tertiary/aromatic N) is 1. The molecule has 194 valence electrons. The van der Waals surface area contributed by atoms with Gasteiger partial charge in [-0.2, -0.15) is 13.1 Å². The summed E-state index contributed by atoms with van der Waals surface area (Å²) >= 11 is 3.39. The third-order valence-electron chi connectivity index (χ3n) is 5.64. The number of carbonyl (C=O) groups excluding carboxylic acids is 3. The van der Waals surface area contributed by atoms with E-state index in [0.29, 0.717) is 19.5 Å². The minimum Gasteiger partial charge on any atom is -0.351 e. The first-order valence-corrected chi connectivity index (χ1v) is 13.8. The SMILES string of the molecule is C[C@@H](C=O)NCCNC(=O)c1cc(C(=O)N[C@H](C)c2ccc(Br)cc2)cc(N2CCCNS2(=O)=O)c1. The number of benzene rings is 2. The highest BCUT2D eigenvalue weighted by molar-refractivity contribution is 9.10. The molecule has 12 heteroatoms. The van der Waals surface area contributed by atoms with Gasteiger partial charge in [0.25, 0.3) is 11.8 Å². The quantitative estimate of drug-likeness (QED) is 0.250. The smallest absolute Gasteiger partial charge is 0.301 e. The van der Waals surface area contributed by atoms with Gasteiger partial charge in [-0.1, -0.05) is 28.1 Å². The monoisotopic (exact) mass is 579 g/mol. The first-order chi connectivity index (χ1) is 17.1. The highest BCUT2D eigenvalue weighted by Gasteiger charge is 2.27. The molecule has 0 aromatic heterocycles. The van der Waals surface area contributed by atoms with Gasteiger partial charge in [-0.25, -0.2) is 0 Å². The van der Waals surface area contributed by atoms with Crippen LogP contribution in [0.25, 0.3) is 0 Å². The average molecular weight is 581 g/mol. The summed E-state index contributed by atoms with van der Waals surface area (Å²) in [5, 5.41) is 8.58. The van der Waals surface area contributed by atoms with Crippen molar-refractivity contribution in [3.63, 3.8) is 0 Å². The number of aldehydes is 1. The van der Waals surface area contributed by atoms with Crippen molar-refractivity contribution in [1.82, 2.24) is 20.7 Å². The highest BCUT2D eigenvalue weighted by atomic mass is 79.9. The van der Waals surface area contributed by atoms with Gasteiger partial charge >= 0.3 is 10.2 Å². The van der Waals surface area contributed by atoms with E-state index in [4.69, 9.17) is 0 Å². The van der Waals surface area contributed by atoms with E-state index in [-0.39, 0.29) is 42.0 Å². The van der Waals surface area contributed by atoms with Crippen LogP contribution in [0.15, 0.2) is 46.9 Å². The summed E-state index contributed by atoms with van der Waals surface area (Å²) in [5.74, 6) is -0.903. The summed E-state index contributed by atoms with van der Waals surface area (Å²) in [6.07, 6.45) is 1.34. The van der Waals surface area contributed by atoms with E-state index in [0.717, 1.165) is 20.6 Å². The number of anilines is 1. The number of amides is 2. The first kappa shape index (κ1) is 27.8. The third-order valence-corrected chi connectivity index (χ3v) is 7.71. The summed E-state index contributed by atoms with van der Waals surface area (Å²) in [4.78, 5) is 36.8. The number of nitrogens with one attached hydrogen (secondary N) is 4. The summed E-state index contributed by atoms with van der Waals surface area (Å²) in [6, 6.07) is 11.2. The Balaban J connectivity index is 1.85. The van der Waals surface area contributed by atoms with E-state index in [1.54, 1.807) is 6.92 Å². The molecule has 10 nitrogen and oxygen atoms in total. The highest BCUT2D eigenvalue weighted by Crippen LogP contribution is 2.25. The Kier molecular flexibility index (Phi) is 9.60. The maximum absolute atomic E-state index is 13.2. The maximum atomic E-state index is 13.2. The Bertz CT molecular complexity index is 1210. The average Bonchev–Trinajstić information content (AvgIpc) is 2.86. The predicted molar refractivity (Wildman–Crippen MR) is 141 cm³/mol. The van der Waals surface area contributed by atoms with Crippen molar-refractivity contribution in [2.24, 2.45) is 0 Å². The second-order valence-electron chi connectivity index (χ2n) is 8.48. The molecule has 3 rings (SSSR count). The lowest BCUT2D eigenvalue weighted by Crippen LogP contribution is -2.47. The molecule has 0 unspecified atom stereocenters. The van der Waals surface area contributed by atoms with Gasteiger partial charge in [-0.05, 0) is 56.2 Å². The van der Waals surface area contributed by atoms with Crippen LogP contribution in [0, 0.1) is 0 Å². The van der Waals surface area contributed by atoms with Gasteiger partial charge in [0, 0.05) is 41.8 Å². The molecule has 36 heavy (non-hydrogen) atoms. The number of halogens is 1. The van der Waals surface area contributed by atoms with Crippen LogP contribution in [-0.2, 0) is 15.0 Å². The molecule has 1 saturated heterocycles. The van der Waals surface area contributed by atoms with Crippen molar-refractivity contribution in [2.75, 3.05) is 30.5 Å². The Morgan fingerprint density at radius 2 is 1.75 bits per heavy atom. The van der Waals surface area contributed by atoms with Crippen LogP contribution < -0.4 is 25.0 Å². The molecule has 2 aromatic carbocycles. The van der Waals surface area contributed by atoms with E-state index in [1.165, 1.54) is 18.2 Å². The molecule has 0 saturated carbocycles. The fraction of sp³-hybridized carbons (Fsp3) is 0.375. The Labute approximate surface area is 219 Å². The molecule has 0 aliphatic carbocycles. The largest absolute Gasteiger partial charge is 0.351 e. The molecular formula is C24H30BrN5O5S. The Morgan fingerprint density at radius 1 is 1.08 bits per heavy atom. The molecule has 4 N–H and O–H groups in total. The molecule has 0 radical (unpaired) electrons. The number of rotatable bonds is 10. The fourth-order valence-electron chi connectivity index (χ4n) is 3.65. The number of hydrogen-bond donors (Lipinski definition) is 4. The van der Waals surface area contributed by atoms with Crippen LogP contribution in [-0.4, -0.2) is 58.7 Å². The third kappa shape index (κ3) is 7.36. The van der Waals surface area contributed by atoms with Crippen LogP contribution in [0.2, 0.25) is 0 Å². The van der Waals surface area contributed by atoms with Crippen LogP contribution in [0.4, 0.5) is 5.69 Å². The maximum Gasteiger partial charge on any atom is 0.301 e. The van der Waals surface area contributed by atoms with Crippen LogP contribution >= 0.6 is 15.9 Å². The minimum absolute atomic E-state index is 0.151. The van der Waals surface area contributed by atoms with Crippen LogP contribution in [0.1, 0.15) is 52.6 Å². The summed E-state index contributed by atoms with van der Waals surface area (Å²) in [5.41, 5.74) is 1.43. The molecule has 1 heterocycles. The molecule has 1 aliphatic rings. The van der Waals surface area contributed by atoms with E-state index >= 15 is 0 Å². The van der Waals surface area contributed by atoms with Gasteiger partial charge in [0.1, 0.15) is 6.29 Å². The first-order valence-electron chi connectivity index (χ1n) is 11.6. The second-order valence-corrected chi connectivity index (χ2v) is 11.1. The molecule has 0 spiro atoms. The van der Waals surface area contributed by atoms with E-state index in [1.807, 2.05) is 31.2 Å². The van der Waals surface area contributed by atoms with Crippen molar-refractivity contribution in [2.45, 2.75) is 32.4 Å². The molecule has 2 amide bonds. The van der Waals surface area contributed by atoms with Gasteiger partial charge in [0.2, 0.25) is 0 Å². The number of carbonyl (C=O) groups is 3. The van der Waals surface area contributed by atoms with Gasteiger partial charge < -0.3 is 20.7 Å². The molecule has 1 aliphatic heterocycles. The van der Waals surface area contributed by atoms with Crippen molar-refractivity contribution in [1.29, 1.82) is 0 Å². The summed E-state index contributed by atoms with van der Waals surface area (Å²) < 4.78 is 29.8. The van der Waals surface area contributed by atoms with E-state index in [9.17, 15) is 22.8 Å². The van der Waals surface area contributed by atoms with Gasteiger partial charge in [-0.3, -0.25) is 13.9 Å². The molecule has 0 bridgehead atoms.